The van der Waals surface area contributed by atoms with Gasteiger partial charge in [-0.05, 0) is 44.2 Å². The van der Waals surface area contributed by atoms with Crippen LogP contribution in [0.2, 0.25) is 12.6 Å². The molecule has 0 aliphatic carbocycles. The Balaban J connectivity index is 1.92. The maximum atomic E-state index is 12.1. The van der Waals surface area contributed by atoms with Crippen molar-refractivity contribution >= 4 is 25.4 Å². The molecule has 1 N–H and O–H groups in total. The normalized spacial score (nSPS) is 19.9. The van der Waals surface area contributed by atoms with Crippen LogP contribution in [0.4, 0.5) is 0 Å². The van der Waals surface area contributed by atoms with Gasteiger partial charge in [0.2, 0.25) is 0 Å². The molecular formula is C34H69NO3SSi. The molecule has 238 valence electrons. The molecule has 0 spiro atoms. The van der Waals surface area contributed by atoms with Gasteiger partial charge in [0.15, 0.2) is 5.12 Å². The van der Waals surface area contributed by atoms with Crippen LogP contribution in [0.1, 0.15) is 174 Å². The van der Waals surface area contributed by atoms with Crippen LogP contribution >= 0.6 is 11.8 Å². The zero-order valence-corrected chi connectivity index (χ0v) is 29.0. The molecule has 0 bridgehead atoms. The van der Waals surface area contributed by atoms with E-state index in [1.807, 2.05) is 0 Å². The molecule has 0 radical (unpaired) electrons. The van der Waals surface area contributed by atoms with Crippen molar-refractivity contribution in [2.45, 2.75) is 187 Å². The highest BCUT2D eigenvalue weighted by Gasteiger charge is 2.33. The van der Waals surface area contributed by atoms with Crippen LogP contribution in [0.3, 0.4) is 0 Å². The van der Waals surface area contributed by atoms with Crippen LogP contribution in [0.15, 0.2) is 0 Å². The first-order valence-electron chi connectivity index (χ1n) is 17.8. The maximum Gasteiger partial charge on any atom is 0.355 e. The van der Waals surface area contributed by atoms with Crippen LogP contribution in [-0.4, -0.2) is 32.6 Å². The summed E-state index contributed by atoms with van der Waals surface area (Å²) >= 11 is 1.51. The van der Waals surface area contributed by atoms with E-state index in [0.29, 0.717) is 11.0 Å². The lowest BCUT2D eigenvalue weighted by Gasteiger charge is -2.31. The minimum atomic E-state index is -2.17. The minimum absolute atomic E-state index is 0.359. The molecule has 1 heterocycles. The van der Waals surface area contributed by atoms with Crippen LogP contribution in [0, 0.1) is 5.92 Å². The topological polar surface area (TPSA) is 47.6 Å². The Hall–Kier alpha value is 0.117. The fraction of sp³-hybridized carbons (Fsp3) is 0.971. The van der Waals surface area contributed by atoms with Gasteiger partial charge in [0.1, 0.15) is 0 Å². The molecule has 6 heteroatoms. The molecule has 0 aromatic carbocycles. The van der Waals surface area contributed by atoms with E-state index in [1.165, 1.54) is 147 Å². The van der Waals surface area contributed by atoms with Gasteiger partial charge in [-0.3, -0.25) is 4.79 Å². The summed E-state index contributed by atoms with van der Waals surface area (Å²) in [5, 5.41) is 0.359. The van der Waals surface area contributed by atoms with Gasteiger partial charge in [-0.1, -0.05) is 154 Å². The van der Waals surface area contributed by atoms with E-state index >= 15 is 0 Å². The Morgan fingerprint density at radius 1 is 0.725 bits per heavy atom. The van der Waals surface area contributed by atoms with E-state index in [9.17, 15) is 4.79 Å². The third-order valence-corrected chi connectivity index (χ3v) is 12.3. The summed E-state index contributed by atoms with van der Waals surface area (Å²) in [6.07, 6.45) is 33.0. The largest absolute Gasteiger partial charge is 0.394 e. The Labute approximate surface area is 255 Å². The number of rotatable bonds is 27. The molecule has 2 atom stereocenters. The molecule has 0 aromatic rings. The summed E-state index contributed by atoms with van der Waals surface area (Å²) < 4.78 is 12.4. The lowest BCUT2D eigenvalue weighted by Crippen LogP contribution is -2.47. The number of nitrogens with one attached hydrogen (secondary N) is 1. The molecule has 0 amide bonds. The van der Waals surface area contributed by atoms with Gasteiger partial charge >= 0.3 is 8.56 Å². The smallest absolute Gasteiger partial charge is 0.355 e. The van der Waals surface area contributed by atoms with E-state index in [4.69, 9.17) is 8.95 Å². The number of thioether (sulfide) groups is 1. The molecule has 0 saturated carbocycles. The standard InChI is InChI=1S/C34H69NO3SSi/c1-4-6-8-10-11-12-13-14-15-16-17-18-19-20-22-23-26-33-28-29-37-40(3,38-35-32-33)31-25-30-39-34(36)27-24-21-9-7-5-2/h33,35H,4-32H2,1-3H3. The highest BCUT2D eigenvalue weighted by molar-refractivity contribution is 8.13. The first-order valence-corrected chi connectivity index (χ1v) is 21.3. The van der Waals surface area contributed by atoms with Crippen LogP contribution in [0.25, 0.3) is 0 Å². The van der Waals surface area contributed by atoms with Gasteiger partial charge in [-0.2, -0.15) is 0 Å². The van der Waals surface area contributed by atoms with Crippen molar-refractivity contribution in [1.29, 1.82) is 0 Å². The zero-order valence-electron chi connectivity index (χ0n) is 27.2. The summed E-state index contributed by atoms with van der Waals surface area (Å²) in [5.74, 6) is 1.56. The van der Waals surface area contributed by atoms with Crippen molar-refractivity contribution in [3.8, 4) is 0 Å². The quantitative estimate of drug-likeness (QED) is 0.0751. The monoisotopic (exact) mass is 599 g/mol. The summed E-state index contributed by atoms with van der Waals surface area (Å²) in [5.41, 5.74) is 3.29. The predicted octanol–water partition coefficient (Wildman–Crippen LogP) is 11.3. The van der Waals surface area contributed by atoms with Crippen molar-refractivity contribution in [2.24, 2.45) is 5.92 Å². The Morgan fingerprint density at radius 2 is 1.23 bits per heavy atom. The third-order valence-electron chi connectivity index (χ3n) is 8.58. The Kier molecular flexibility index (Phi) is 26.6. The highest BCUT2D eigenvalue weighted by Crippen LogP contribution is 2.23. The van der Waals surface area contributed by atoms with Crippen molar-refractivity contribution in [3.05, 3.63) is 0 Å². The van der Waals surface area contributed by atoms with E-state index in [1.54, 1.807) is 0 Å². The summed E-state index contributed by atoms with van der Waals surface area (Å²) in [6, 6.07) is 0.959. The second-order valence-corrected chi connectivity index (χ2v) is 17.1. The number of carbonyl (C=O) groups excluding carboxylic acids is 1. The zero-order chi connectivity index (χ0) is 29.0. The highest BCUT2D eigenvalue weighted by atomic mass is 32.2. The first-order chi connectivity index (χ1) is 19.6. The number of hydrogen-bond acceptors (Lipinski definition) is 5. The maximum absolute atomic E-state index is 12.1. The van der Waals surface area contributed by atoms with Crippen molar-refractivity contribution in [3.63, 3.8) is 0 Å². The number of hydroxylamine groups is 1. The predicted molar refractivity (Wildman–Crippen MR) is 179 cm³/mol. The molecule has 0 aromatic heterocycles. The number of unbranched alkanes of at least 4 members (excludes halogenated alkanes) is 19. The minimum Gasteiger partial charge on any atom is -0.394 e. The Morgan fingerprint density at radius 3 is 1.77 bits per heavy atom. The molecule has 1 saturated heterocycles. The molecule has 2 unspecified atom stereocenters. The molecular weight excluding hydrogens is 531 g/mol. The summed E-state index contributed by atoms with van der Waals surface area (Å²) in [4.78, 5) is 12.1. The van der Waals surface area contributed by atoms with Gasteiger partial charge in [-0.15, -0.1) is 0 Å². The number of carbonyl (C=O) groups is 1. The molecule has 4 nitrogen and oxygen atoms in total. The van der Waals surface area contributed by atoms with Gasteiger partial charge in [-0.25, -0.2) is 5.48 Å². The average Bonchev–Trinajstić information content (AvgIpc) is 2.93. The van der Waals surface area contributed by atoms with Crippen LogP contribution in [0.5, 0.6) is 0 Å². The summed E-state index contributed by atoms with van der Waals surface area (Å²) in [7, 11) is -2.17. The molecule has 1 rings (SSSR count). The fourth-order valence-electron chi connectivity index (χ4n) is 5.76. The van der Waals surface area contributed by atoms with E-state index in [2.05, 4.69) is 25.9 Å². The lowest BCUT2D eigenvalue weighted by molar-refractivity contribution is -0.111. The molecule has 40 heavy (non-hydrogen) atoms. The van der Waals surface area contributed by atoms with E-state index in [0.717, 1.165) is 50.6 Å². The van der Waals surface area contributed by atoms with Crippen molar-refractivity contribution in [1.82, 2.24) is 5.48 Å². The summed E-state index contributed by atoms with van der Waals surface area (Å²) in [6.45, 7) is 8.49. The van der Waals surface area contributed by atoms with Crippen LogP contribution in [-0.2, 0) is 13.7 Å². The number of hydrogen-bond donors (Lipinski definition) is 1. The second-order valence-electron chi connectivity index (χ2n) is 12.7. The third kappa shape index (κ3) is 23.7. The Bertz CT molecular complexity index is 555. The lowest BCUT2D eigenvalue weighted by atomic mass is 9.97. The SMILES string of the molecule is CCCCCCCCCCCCCCCCCCC1CCO[Si](C)(CCCSC(=O)CCCCCCC)ONC1. The fourth-order valence-corrected chi connectivity index (χ4v) is 8.88. The van der Waals surface area contributed by atoms with E-state index < -0.39 is 8.56 Å². The van der Waals surface area contributed by atoms with Gasteiger partial charge in [0.05, 0.1) is 0 Å². The van der Waals surface area contributed by atoms with Gasteiger partial charge in [0.25, 0.3) is 0 Å². The van der Waals surface area contributed by atoms with Crippen molar-refractivity contribution in [2.75, 3.05) is 18.9 Å². The van der Waals surface area contributed by atoms with Crippen LogP contribution < -0.4 is 5.48 Å². The molecule has 1 aliphatic heterocycles. The van der Waals surface area contributed by atoms with Gasteiger partial charge in [0, 0.05) is 25.3 Å². The average molecular weight is 600 g/mol. The second kappa shape index (κ2) is 27.9. The molecule has 1 fully saturated rings. The van der Waals surface area contributed by atoms with Crippen molar-refractivity contribution < 1.29 is 13.7 Å². The first kappa shape index (κ1) is 38.1. The van der Waals surface area contributed by atoms with E-state index in [-0.39, 0.29) is 0 Å². The molecule has 1 aliphatic rings. The van der Waals surface area contributed by atoms with Gasteiger partial charge < -0.3 is 8.95 Å².